The molecule has 0 aliphatic heterocycles. The van der Waals surface area contributed by atoms with Crippen molar-refractivity contribution in [3.63, 3.8) is 0 Å². The summed E-state index contributed by atoms with van der Waals surface area (Å²) in [6, 6.07) is 25.3. The zero-order valence-electron chi connectivity index (χ0n) is 23.0. The number of thiocarbonyl (C=S) groups is 2. The first-order valence-electron chi connectivity index (χ1n) is 12.7. The second kappa shape index (κ2) is 20.5. The van der Waals surface area contributed by atoms with Gasteiger partial charge in [0, 0.05) is 24.8 Å². The molecule has 0 saturated heterocycles. The third-order valence-electron chi connectivity index (χ3n) is 5.12. The monoisotopic (exact) mass is 570 g/mol. The molecule has 40 heavy (non-hydrogen) atoms. The smallest absolute Gasteiger partial charge is 0.160 e. The maximum Gasteiger partial charge on any atom is 0.160 e. The van der Waals surface area contributed by atoms with Crippen molar-refractivity contribution in [1.82, 2.24) is 9.97 Å². The van der Waals surface area contributed by atoms with Gasteiger partial charge in [-0.3, -0.25) is 9.97 Å². The lowest BCUT2D eigenvalue weighted by atomic mass is 10.1. The van der Waals surface area contributed by atoms with Crippen LogP contribution in [-0.2, 0) is 12.8 Å². The zero-order chi connectivity index (χ0) is 29.6. The SMILES string of the molecule is CCc1ccc(/C=C/c2ccncc2)cc1.CCc1ccc(/C=C/c2ccncc2)cc1.NC(N)=S.NC(N)=S. The molecule has 0 aliphatic rings. The first-order valence-corrected chi connectivity index (χ1v) is 13.5. The second-order valence-corrected chi connectivity index (χ2v) is 9.17. The number of nitrogens with zero attached hydrogens (tertiary/aromatic N) is 2. The van der Waals surface area contributed by atoms with Gasteiger partial charge in [0.2, 0.25) is 0 Å². The van der Waals surface area contributed by atoms with E-state index in [1.807, 2.05) is 24.3 Å². The number of nitrogens with two attached hydrogens (primary N) is 4. The average Bonchev–Trinajstić information content (AvgIpc) is 2.96. The largest absolute Gasteiger partial charge is 0.377 e. The molecule has 0 aliphatic carbocycles. The number of aromatic nitrogens is 2. The molecule has 0 amide bonds. The van der Waals surface area contributed by atoms with Gasteiger partial charge in [0.05, 0.1) is 0 Å². The Morgan fingerprint density at radius 1 is 0.500 bits per heavy atom. The molecule has 2 aromatic carbocycles. The number of rotatable bonds is 6. The maximum atomic E-state index is 4.62. The standard InChI is InChI=1S/2C15H15N.2CH4N2S/c2*1-2-13-3-5-14(6-4-13)7-8-15-9-11-16-12-10-15;2*2-1(3)4/h2*3-12H,2H2,1H3;2*(H4,2,3,4)/b2*8-7+;;. The Bertz CT molecular complexity index is 1190. The van der Waals surface area contributed by atoms with E-state index < -0.39 is 0 Å². The Kier molecular flexibility index (Phi) is 17.3. The molecule has 0 atom stereocenters. The van der Waals surface area contributed by atoms with Crippen LogP contribution >= 0.6 is 24.4 Å². The van der Waals surface area contributed by atoms with E-state index in [9.17, 15) is 0 Å². The summed E-state index contributed by atoms with van der Waals surface area (Å²) in [6.45, 7) is 4.34. The number of benzene rings is 2. The topological polar surface area (TPSA) is 130 Å². The quantitative estimate of drug-likeness (QED) is 0.208. The minimum absolute atomic E-state index is 0.000000000000000222. The number of hydrogen-bond acceptors (Lipinski definition) is 4. The van der Waals surface area contributed by atoms with Crippen LogP contribution in [0, 0.1) is 0 Å². The molecule has 0 fully saturated rings. The van der Waals surface area contributed by atoms with Crippen molar-refractivity contribution in [1.29, 1.82) is 0 Å². The summed E-state index contributed by atoms with van der Waals surface area (Å²) in [5, 5.41) is 0.000000000000000444. The summed E-state index contributed by atoms with van der Waals surface area (Å²) in [5.41, 5.74) is 26.0. The fourth-order valence-electron chi connectivity index (χ4n) is 3.06. The van der Waals surface area contributed by atoms with Crippen molar-refractivity contribution >= 4 is 59.0 Å². The van der Waals surface area contributed by atoms with E-state index in [2.05, 4.69) is 144 Å². The van der Waals surface area contributed by atoms with Gasteiger partial charge in [-0.15, -0.1) is 0 Å². The Hall–Kier alpha value is -4.40. The van der Waals surface area contributed by atoms with Crippen LogP contribution in [0.25, 0.3) is 24.3 Å². The van der Waals surface area contributed by atoms with Crippen LogP contribution < -0.4 is 22.9 Å². The zero-order valence-corrected chi connectivity index (χ0v) is 24.6. The summed E-state index contributed by atoms with van der Waals surface area (Å²) >= 11 is 8.19. The summed E-state index contributed by atoms with van der Waals surface area (Å²) < 4.78 is 0. The molecule has 0 unspecified atom stereocenters. The lowest BCUT2D eigenvalue weighted by molar-refractivity contribution is 1.14. The Morgan fingerprint density at radius 2 is 0.725 bits per heavy atom. The van der Waals surface area contributed by atoms with Gasteiger partial charge in [-0.2, -0.15) is 0 Å². The summed E-state index contributed by atoms with van der Waals surface area (Å²) in [6.07, 6.45) is 17.8. The van der Waals surface area contributed by atoms with Crippen LogP contribution in [0.5, 0.6) is 0 Å². The molecule has 2 heterocycles. The van der Waals surface area contributed by atoms with E-state index in [0.29, 0.717) is 0 Å². The fraction of sp³-hybridized carbons (Fsp3) is 0.125. The van der Waals surface area contributed by atoms with E-state index in [4.69, 9.17) is 0 Å². The van der Waals surface area contributed by atoms with E-state index in [-0.39, 0.29) is 10.2 Å². The molecule has 0 radical (unpaired) electrons. The van der Waals surface area contributed by atoms with E-state index in [1.54, 1.807) is 24.8 Å². The number of aryl methyl sites for hydroxylation is 2. The van der Waals surface area contributed by atoms with Crippen molar-refractivity contribution in [2.75, 3.05) is 0 Å². The molecule has 208 valence electrons. The molecule has 8 N–H and O–H groups in total. The average molecular weight is 571 g/mol. The van der Waals surface area contributed by atoms with Gasteiger partial charge in [0.15, 0.2) is 10.2 Å². The Labute approximate surface area is 248 Å². The van der Waals surface area contributed by atoms with Crippen molar-refractivity contribution in [3.8, 4) is 0 Å². The number of hydrogen-bond donors (Lipinski definition) is 4. The van der Waals surface area contributed by atoms with E-state index in [0.717, 1.165) is 12.8 Å². The molecule has 4 aromatic rings. The molecule has 0 spiro atoms. The van der Waals surface area contributed by atoms with Crippen molar-refractivity contribution in [2.45, 2.75) is 26.7 Å². The third-order valence-corrected chi connectivity index (χ3v) is 5.12. The minimum atomic E-state index is 0.000000000000000222. The Balaban J connectivity index is 0.000000317. The highest BCUT2D eigenvalue weighted by Gasteiger charge is 1.91. The van der Waals surface area contributed by atoms with E-state index in [1.165, 1.54) is 33.4 Å². The van der Waals surface area contributed by atoms with Crippen molar-refractivity contribution in [2.24, 2.45) is 22.9 Å². The summed E-state index contributed by atoms with van der Waals surface area (Å²) in [4.78, 5) is 7.98. The maximum absolute atomic E-state index is 4.62. The van der Waals surface area contributed by atoms with Gasteiger partial charge in [0.1, 0.15) is 0 Å². The first-order chi connectivity index (χ1) is 19.2. The van der Waals surface area contributed by atoms with Gasteiger partial charge < -0.3 is 22.9 Å². The van der Waals surface area contributed by atoms with Crippen LogP contribution in [0.15, 0.2) is 97.6 Å². The molecular formula is C32H38N6S2. The van der Waals surface area contributed by atoms with Crippen LogP contribution in [-0.4, -0.2) is 20.2 Å². The first kappa shape index (κ1) is 33.6. The van der Waals surface area contributed by atoms with Crippen LogP contribution in [0.1, 0.15) is 47.2 Å². The third kappa shape index (κ3) is 17.2. The molecule has 4 rings (SSSR count). The molecule has 2 aromatic heterocycles. The number of pyridine rings is 2. The van der Waals surface area contributed by atoms with Crippen molar-refractivity contribution < 1.29 is 0 Å². The molecule has 8 heteroatoms. The van der Waals surface area contributed by atoms with Crippen LogP contribution in [0.4, 0.5) is 0 Å². The molecular weight excluding hydrogens is 533 g/mol. The summed E-state index contributed by atoms with van der Waals surface area (Å²) in [5.74, 6) is 0. The summed E-state index contributed by atoms with van der Waals surface area (Å²) in [7, 11) is 0. The van der Waals surface area contributed by atoms with Gasteiger partial charge >= 0.3 is 0 Å². The van der Waals surface area contributed by atoms with Crippen LogP contribution in [0.2, 0.25) is 0 Å². The van der Waals surface area contributed by atoms with Gasteiger partial charge in [0.25, 0.3) is 0 Å². The predicted octanol–water partition coefficient (Wildman–Crippen LogP) is 6.01. The van der Waals surface area contributed by atoms with Crippen LogP contribution in [0.3, 0.4) is 0 Å². The lowest BCUT2D eigenvalue weighted by Gasteiger charge is -1.97. The lowest BCUT2D eigenvalue weighted by Crippen LogP contribution is -2.18. The van der Waals surface area contributed by atoms with E-state index >= 15 is 0 Å². The highest BCUT2D eigenvalue weighted by atomic mass is 32.1. The molecule has 0 saturated carbocycles. The van der Waals surface area contributed by atoms with Crippen molar-refractivity contribution in [3.05, 3.63) is 131 Å². The van der Waals surface area contributed by atoms with Gasteiger partial charge in [-0.05, 0) is 94.9 Å². The normalized spacial score (nSPS) is 9.85. The highest BCUT2D eigenvalue weighted by molar-refractivity contribution is 7.80. The Morgan fingerprint density at radius 3 is 0.950 bits per heavy atom. The minimum Gasteiger partial charge on any atom is -0.377 e. The second-order valence-electron chi connectivity index (χ2n) is 8.22. The predicted molar refractivity (Wildman–Crippen MR) is 180 cm³/mol. The fourth-order valence-corrected chi connectivity index (χ4v) is 3.06. The molecule has 6 nitrogen and oxygen atoms in total. The highest BCUT2D eigenvalue weighted by Crippen LogP contribution is 2.10. The van der Waals surface area contributed by atoms with Gasteiger partial charge in [-0.25, -0.2) is 0 Å². The molecule has 0 bridgehead atoms. The van der Waals surface area contributed by atoms with Gasteiger partial charge in [-0.1, -0.05) is 86.7 Å².